The van der Waals surface area contributed by atoms with Crippen molar-refractivity contribution < 1.29 is 14.3 Å². The lowest BCUT2D eigenvalue weighted by Crippen LogP contribution is -2.47. The quantitative estimate of drug-likeness (QED) is 0.619. The minimum atomic E-state index is -0.800. The first kappa shape index (κ1) is 13.9. The number of ether oxygens (including phenoxy) is 2. The molecule has 4 nitrogen and oxygen atoms in total. The number of carbonyl (C=O) groups excluding carboxylic acids is 1. The van der Waals surface area contributed by atoms with Crippen molar-refractivity contribution in [3.8, 4) is 5.88 Å². The van der Waals surface area contributed by atoms with Crippen LogP contribution < -0.4 is 4.74 Å². The number of fused-ring (bicyclic) bond motifs is 4. The van der Waals surface area contributed by atoms with Gasteiger partial charge in [0.25, 0.3) is 0 Å². The van der Waals surface area contributed by atoms with Crippen LogP contribution >= 0.6 is 0 Å². The van der Waals surface area contributed by atoms with Crippen LogP contribution in [0.3, 0.4) is 0 Å². The topological polar surface area (TPSA) is 48.4 Å². The fraction of sp³-hybridized carbons (Fsp3) is 0.412. The van der Waals surface area contributed by atoms with E-state index >= 15 is 0 Å². The molecule has 0 spiro atoms. The van der Waals surface area contributed by atoms with E-state index in [1.165, 1.54) is 12.7 Å². The van der Waals surface area contributed by atoms with Gasteiger partial charge in [-0.1, -0.05) is 24.3 Å². The van der Waals surface area contributed by atoms with Crippen molar-refractivity contribution >= 4 is 5.97 Å². The van der Waals surface area contributed by atoms with Gasteiger partial charge in [0, 0.05) is 18.4 Å². The Balaban J connectivity index is 2.25. The predicted molar refractivity (Wildman–Crippen MR) is 79.2 cm³/mol. The maximum Gasteiger partial charge on any atom is 0.320 e. The smallest absolute Gasteiger partial charge is 0.320 e. The van der Waals surface area contributed by atoms with Gasteiger partial charge in [0.05, 0.1) is 19.9 Å². The lowest BCUT2D eigenvalue weighted by Gasteiger charge is -2.44. The van der Waals surface area contributed by atoms with E-state index in [4.69, 9.17) is 9.47 Å². The molecule has 0 N–H and O–H groups in total. The van der Waals surface area contributed by atoms with Gasteiger partial charge in [0.2, 0.25) is 5.88 Å². The standard InChI is InChI=1S/C17H19NO3/c1-10-7-12-8-14-13(5-6-15(18-14)20-3)17(9-10,11(12)2)16(19)21-4/h5-7,12H,2,8-9H2,1,3-4H3/t12?,17-/m1/s1. The molecule has 2 aliphatic rings. The SMILES string of the molecule is C=C1C2C=C(C)C[C@]1(C(=O)OC)c1ccc(OC)nc1C2. The van der Waals surface area contributed by atoms with Crippen molar-refractivity contribution in [2.45, 2.75) is 25.2 Å². The van der Waals surface area contributed by atoms with Gasteiger partial charge in [-0.05, 0) is 24.5 Å². The van der Waals surface area contributed by atoms with Crippen molar-refractivity contribution in [3.05, 3.63) is 47.2 Å². The van der Waals surface area contributed by atoms with Crippen LogP contribution in [0.2, 0.25) is 0 Å². The van der Waals surface area contributed by atoms with Crippen LogP contribution in [0, 0.1) is 5.92 Å². The minimum absolute atomic E-state index is 0.130. The van der Waals surface area contributed by atoms with Gasteiger partial charge < -0.3 is 9.47 Å². The summed E-state index contributed by atoms with van der Waals surface area (Å²) in [5.41, 5.74) is 3.12. The number of methoxy groups -OCH3 is 2. The molecule has 2 aliphatic carbocycles. The fourth-order valence-corrected chi connectivity index (χ4v) is 3.64. The number of carbonyl (C=O) groups is 1. The Morgan fingerprint density at radius 3 is 2.86 bits per heavy atom. The fourth-order valence-electron chi connectivity index (χ4n) is 3.64. The third-order valence-electron chi connectivity index (χ3n) is 4.59. The van der Waals surface area contributed by atoms with E-state index in [0.717, 1.165) is 23.3 Å². The molecular weight excluding hydrogens is 266 g/mol. The predicted octanol–water partition coefficient (Wildman–Crippen LogP) is 2.58. The van der Waals surface area contributed by atoms with Gasteiger partial charge in [0.1, 0.15) is 5.41 Å². The molecule has 21 heavy (non-hydrogen) atoms. The molecule has 1 aromatic rings. The second-order valence-corrected chi connectivity index (χ2v) is 5.77. The molecule has 1 unspecified atom stereocenters. The van der Waals surface area contributed by atoms with E-state index in [2.05, 4.69) is 24.6 Å². The number of hydrogen-bond acceptors (Lipinski definition) is 4. The van der Waals surface area contributed by atoms with Crippen LogP contribution in [0.5, 0.6) is 5.88 Å². The maximum absolute atomic E-state index is 12.6. The van der Waals surface area contributed by atoms with E-state index < -0.39 is 5.41 Å². The molecule has 0 aromatic carbocycles. The zero-order valence-corrected chi connectivity index (χ0v) is 12.6. The molecule has 0 amide bonds. The highest BCUT2D eigenvalue weighted by molar-refractivity contribution is 5.89. The lowest BCUT2D eigenvalue weighted by molar-refractivity contribution is -0.146. The maximum atomic E-state index is 12.6. The largest absolute Gasteiger partial charge is 0.481 e. The van der Waals surface area contributed by atoms with E-state index in [1.807, 2.05) is 6.07 Å². The van der Waals surface area contributed by atoms with E-state index in [1.54, 1.807) is 13.2 Å². The van der Waals surface area contributed by atoms with Gasteiger partial charge in [-0.3, -0.25) is 4.79 Å². The second kappa shape index (κ2) is 4.72. The van der Waals surface area contributed by atoms with Gasteiger partial charge in [0.15, 0.2) is 0 Å². The molecule has 0 aliphatic heterocycles. The van der Waals surface area contributed by atoms with E-state index in [0.29, 0.717) is 12.3 Å². The summed E-state index contributed by atoms with van der Waals surface area (Å²) in [5, 5.41) is 0. The van der Waals surface area contributed by atoms with Crippen molar-refractivity contribution in [1.29, 1.82) is 0 Å². The highest BCUT2D eigenvalue weighted by Crippen LogP contribution is 2.51. The van der Waals surface area contributed by atoms with Crippen molar-refractivity contribution in [2.75, 3.05) is 14.2 Å². The molecule has 2 bridgehead atoms. The summed E-state index contributed by atoms with van der Waals surface area (Å²) in [4.78, 5) is 17.1. The number of allylic oxidation sites excluding steroid dienone is 2. The van der Waals surface area contributed by atoms with Crippen LogP contribution in [-0.2, 0) is 21.4 Å². The summed E-state index contributed by atoms with van der Waals surface area (Å²) in [7, 11) is 3.02. The molecule has 1 aromatic heterocycles. The number of hydrogen-bond donors (Lipinski definition) is 0. The Morgan fingerprint density at radius 1 is 1.43 bits per heavy atom. The van der Waals surface area contributed by atoms with Gasteiger partial charge in [-0.25, -0.2) is 4.98 Å². The molecular formula is C17H19NO3. The van der Waals surface area contributed by atoms with Gasteiger partial charge >= 0.3 is 5.97 Å². The zero-order chi connectivity index (χ0) is 15.2. The first-order valence-electron chi connectivity index (χ1n) is 7.02. The molecule has 3 rings (SSSR count). The second-order valence-electron chi connectivity index (χ2n) is 5.77. The summed E-state index contributed by atoms with van der Waals surface area (Å²) in [6.45, 7) is 6.27. The molecule has 2 atom stereocenters. The van der Waals surface area contributed by atoms with E-state index in [9.17, 15) is 4.79 Å². The van der Waals surface area contributed by atoms with Crippen LogP contribution in [0.15, 0.2) is 35.9 Å². The normalized spacial score (nSPS) is 26.7. The third kappa shape index (κ3) is 1.82. The average Bonchev–Trinajstić information content (AvgIpc) is 2.48. The highest BCUT2D eigenvalue weighted by Gasteiger charge is 2.52. The van der Waals surface area contributed by atoms with E-state index in [-0.39, 0.29) is 11.9 Å². The molecule has 0 saturated heterocycles. The molecule has 0 saturated carbocycles. The Hall–Kier alpha value is -2.10. The van der Waals surface area contributed by atoms with Crippen molar-refractivity contribution in [1.82, 2.24) is 4.98 Å². The molecule has 0 fully saturated rings. The highest BCUT2D eigenvalue weighted by atomic mass is 16.5. The average molecular weight is 285 g/mol. The van der Waals surface area contributed by atoms with Crippen LogP contribution in [0.1, 0.15) is 24.6 Å². The van der Waals surface area contributed by atoms with Gasteiger partial charge in [-0.15, -0.1) is 0 Å². The van der Waals surface area contributed by atoms with Crippen molar-refractivity contribution in [3.63, 3.8) is 0 Å². The summed E-state index contributed by atoms with van der Waals surface area (Å²) in [6.07, 6.45) is 3.55. The number of esters is 1. The third-order valence-corrected chi connectivity index (χ3v) is 4.59. The van der Waals surface area contributed by atoms with Crippen LogP contribution in [0.4, 0.5) is 0 Å². The van der Waals surface area contributed by atoms with Gasteiger partial charge in [-0.2, -0.15) is 0 Å². The van der Waals surface area contributed by atoms with Crippen LogP contribution in [0.25, 0.3) is 0 Å². The van der Waals surface area contributed by atoms with Crippen molar-refractivity contribution in [2.24, 2.45) is 5.92 Å². The Labute approximate surface area is 124 Å². The summed E-state index contributed by atoms with van der Waals surface area (Å²) < 4.78 is 10.3. The number of rotatable bonds is 2. The molecule has 0 radical (unpaired) electrons. The first-order valence-corrected chi connectivity index (χ1v) is 7.02. The Bertz CT molecular complexity index is 662. The molecule has 4 heteroatoms. The number of aromatic nitrogens is 1. The number of pyridine rings is 1. The number of nitrogens with zero attached hydrogens (tertiary/aromatic N) is 1. The first-order chi connectivity index (χ1) is 10.0. The summed E-state index contributed by atoms with van der Waals surface area (Å²) in [5.74, 6) is 0.447. The summed E-state index contributed by atoms with van der Waals surface area (Å²) in [6, 6.07) is 3.73. The minimum Gasteiger partial charge on any atom is -0.481 e. The lowest BCUT2D eigenvalue weighted by atomic mass is 9.58. The summed E-state index contributed by atoms with van der Waals surface area (Å²) >= 11 is 0. The zero-order valence-electron chi connectivity index (χ0n) is 12.6. The Kier molecular flexibility index (Phi) is 3.12. The molecule has 110 valence electrons. The monoisotopic (exact) mass is 285 g/mol. The van der Waals surface area contributed by atoms with Crippen LogP contribution in [-0.4, -0.2) is 25.2 Å². The Morgan fingerprint density at radius 2 is 2.19 bits per heavy atom. The molecule has 1 heterocycles.